The molecule has 14 heavy (non-hydrogen) atoms. The van der Waals surface area contributed by atoms with Crippen molar-refractivity contribution in [2.75, 3.05) is 32.7 Å². The molecule has 0 spiro atoms. The first-order chi connectivity index (χ1) is 6.66. The second-order valence-corrected chi connectivity index (χ2v) is 3.58. The molecule has 0 aromatic rings. The van der Waals surface area contributed by atoms with Crippen LogP contribution in [0.5, 0.6) is 0 Å². The molecule has 1 atom stereocenters. The molecule has 0 aromatic carbocycles. The Bertz CT molecular complexity index is 121. The number of aliphatic hydroxyl groups is 1. The Kier molecular flexibility index (Phi) is 9.23. The van der Waals surface area contributed by atoms with Gasteiger partial charge in [-0.25, -0.2) is 0 Å². The molecule has 0 aliphatic rings. The summed E-state index contributed by atoms with van der Waals surface area (Å²) < 4.78 is 0. The van der Waals surface area contributed by atoms with E-state index in [4.69, 9.17) is 5.73 Å². The fourth-order valence-corrected chi connectivity index (χ4v) is 1.09. The Morgan fingerprint density at radius 3 is 2.36 bits per heavy atom. The highest BCUT2D eigenvalue weighted by atomic mass is 16.3. The van der Waals surface area contributed by atoms with E-state index < -0.39 is 6.23 Å². The molecule has 0 rings (SSSR count). The molecule has 0 heterocycles. The van der Waals surface area contributed by atoms with Crippen LogP contribution in [0.2, 0.25) is 0 Å². The van der Waals surface area contributed by atoms with Crippen molar-refractivity contribution in [3.63, 3.8) is 0 Å². The molecule has 0 aromatic heterocycles. The molecule has 0 saturated carbocycles. The zero-order chi connectivity index (χ0) is 10.8. The van der Waals surface area contributed by atoms with Gasteiger partial charge in [0.2, 0.25) is 0 Å². The monoisotopic (exact) mass is 204 g/mol. The lowest BCUT2D eigenvalue weighted by Crippen LogP contribution is -2.43. The molecule has 5 heteroatoms. The van der Waals surface area contributed by atoms with Crippen molar-refractivity contribution >= 4 is 0 Å². The number of rotatable bonds is 9. The fourth-order valence-electron chi connectivity index (χ4n) is 1.09. The van der Waals surface area contributed by atoms with Crippen LogP contribution in [0.25, 0.3) is 0 Å². The summed E-state index contributed by atoms with van der Waals surface area (Å²) in [7, 11) is 0. The standard InChI is InChI=1S/C9H24N4O/c1-8(2)13-9(14)7-12-6-5-11-4-3-10/h8-9,11-14H,3-7,10H2,1-2H3. The number of nitrogens with one attached hydrogen (secondary N) is 3. The zero-order valence-corrected chi connectivity index (χ0v) is 9.21. The van der Waals surface area contributed by atoms with E-state index >= 15 is 0 Å². The van der Waals surface area contributed by atoms with E-state index in [1.165, 1.54) is 0 Å². The molecular weight excluding hydrogens is 180 g/mol. The third kappa shape index (κ3) is 9.88. The third-order valence-corrected chi connectivity index (χ3v) is 1.66. The summed E-state index contributed by atoms with van der Waals surface area (Å²) in [5, 5.41) is 18.7. The Labute approximate surface area is 86.4 Å². The molecule has 5 nitrogen and oxygen atoms in total. The molecule has 0 saturated heterocycles. The third-order valence-electron chi connectivity index (χ3n) is 1.66. The van der Waals surface area contributed by atoms with Gasteiger partial charge in [-0.3, -0.25) is 5.32 Å². The SMILES string of the molecule is CC(C)NC(O)CNCCNCCN. The van der Waals surface area contributed by atoms with E-state index in [-0.39, 0.29) is 0 Å². The van der Waals surface area contributed by atoms with Gasteiger partial charge in [0.05, 0.1) is 0 Å². The molecule has 0 radical (unpaired) electrons. The molecule has 0 amide bonds. The van der Waals surface area contributed by atoms with E-state index in [1.54, 1.807) is 0 Å². The van der Waals surface area contributed by atoms with Gasteiger partial charge in [-0.05, 0) is 13.8 Å². The summed E-state index contributed by atoms with van der Waals surface area (Å²) in [6, 6.07) is 0.308. The lowest BCUT2D eigenvalue weighted by molar-refractivity contribution is 0.126. The molecule has 0 fully saturated rings. The summed E-state index contributed by atoms with van der Waals surface area (Å²) >= 11 is 0. The van der Waals surface area contributed by atoms with Crippen LogP contribution in [0.4, 0.5) is 0 Å². The second kappa shape index (κ2) is 9.36. The lowest BCUT2D eigenvalue weighted by Gasteiger charge is -2.16. The van der Waals surface area contributed by atoms with Crippen molar-refractivity contribution in [1.29, 1.82) is 0 Å². The van der Waals surface area contributed by atoms with Gasteiger partial charge >= 0.3 is 0 Å². The number of hydrogen-bond donors (Lipinski definition) is 5. The fraction of sp³-hybridized carbons (Fsp3) is 1.00. The Morgan fingerprint density at radius 1 is 1.14 bits per heavy atom. The molecular formula is C9H24N4O. The number of nitrogens with two attached hydrogens (primary N) is 1. The molecule has 6 N–H and O–H groups in total. The molecule has 0 aliphatic carbocycles. The summed E-state index contributed by atoms with van der Waals surface area (Å²) in [4.78, 5) is 0. The maximum absolute atomic E-state index is 9.41. The van der Waals surface area contributed by atoms with Gasteiger partial charge in [-0.15, -0.1) is 0 Å². The van der Waals surface area contributed by atoms with Crippen LogP contribution in [0.1, 0.15) is 13.8 Å². The molecule has 86 valence electrons. The average Bonchev–Trinajstić information content (AvgIpc) is 2.10. The second-order valence-electron chi connectivity index (χ2n) is 3.58. The Morgan fingerprint density at radius 2 is 1.79 bits per heavy atom. The minimum atomic E-state index is -0.468. The summed E-state index contributed by atoms with van der Waals surface area (Å²) in [5.74, 6) is 0. The summed E-state index contributed by atoms with van der Waals surface area (Å²) in [6.45, 7) is 7.81. The van der Waals surface area contributed by atoms with Crippen LogP contribution in [-0.4, -0.2) is 50.1 Å². The normalized spacial score (nSPS) is 13.5. The predicted octanol–water partition coefficient (Wildman–Crippen LogP) is -1.56. The first-order valence-corrected chi connectivity index (χ1v) is 5.22. The zero-order valence-electron chi connectivity index (χ0n) is 9.21. The topological polar surface area (TPSA) is 82.3 Å². The average molecular weight is 204 g/mol. The minimum Gasteiger partial charge on any atom is -0.377 e. The van der Waals surface area contributed by atoms with Crippen LogP contribution < -0.4 is 21.7 Å². The van der Waals surface area contributed by atoms with Crippen molar-refractivity contribution in [3.05, 3.63) is 0 Å². The van der Waals surface area contributed by atoms with Gasteiger partial charge in [0.15, 0.2) is 0 Å². The maximum atomic E-state index is 9.41. The van der Waals surface area contributed by atoms with Crippen LogP contribution >= 0.6 is 0 Å². The first-order valence-electron chi connectivity index (χ1n) is 5.22. The van der Waals surface area contributed by atoms with Gasteiger partial charge in [-0.1, -0.05) is 0 Å². The summed E-state index contributed by atoms with van der Waals surface area (Å²) in [5.41, 5.74) is 5.31. The smallest absolute Gasteiger partial charge is 0.117 e. The maximum Gasteiger partial charge on any atom is 0.117 e. The van der Waals surface area contributed by atoms with E-state index in [0.29, 0.717) is 19.1 Å². The van der Waals surface area contributed by atoms with Gasteiger partial charge in [-0.2, -0.15) is 0 Å². The van der Waals surface area contributed by atoms with E-state index in [9.17, 15) is 5.11 Å². The van der Waals surface area contributed by atoms with Crippen molar-refractivity contribution in [2.24, 2.45) is 5.73 Å². The van der Waals surface area contributed by atoms with Crippen molar-refractivity contribution in [3.8, 4) is 0 Å². The molecule has 0 aliphatic heterocycles. The highest BCUT2D eigenvalue weighted by Gasteiger charge is 2.03. The van der Waals surface area contributed by atoms with Gasteiger partial charge in [0, 0.05) is 38.8 Å². The van der Waals surface area contributed by atoms with Crippen LogP contribution in [-0.2, 0) is 0 Å². The highest BCUT2D eigenvalue weighted by Crippen LogP contribution is 1.80. The van der Waals surface area contributed by atoms with Crippen molar-refractivity contribution in [2.45, 2.75) is 26.1 Å². The van der Waals surface area contributed by atoms with Gasteiger partial charge in [0.25, 0.3) is 0 Å². The van der Waals surface area contributed by atoms with Gasteiger partial charge < -0.3 is 21.5 Å². The van der Waals surface area contributed by atoms with Crippen LogP contribution in [0.3, 0.4) is 0 Å². The number of aliphatic hydroxyl groups excluding tert-OH is 1. The Balaban J connectivity index is 3.10. The van der Waals surface area contributed by atoms with Crippen molar-refractivity contribution < 1.29 is 5.11 Å². The lowest BCUT2D eigenvalue weighted by atomic mass is 10.4. The van der Waals surface area contributed by atoms with E-state index in [2.05, 4.69) is 16.0 Å². The van der Waals surface area contributed by atoms with E-state index in [1.807, 2.05) is 13.8 Å². The van der Waals surface area contributed by atoms with Crippen molar-refractivity contribution in [1.82, 2.24) is 16.0 Å². The summed E-state index contributed by atoms with van der Waals surface area (Å²) in [6.07, 6.45) is -0.468. The molecule has 1 unspecified atom stereocenters. The largest absolute Gasteiger partial charge is 0.377 e. The van der Waals surface area contributed by atoms with Crippen LogP contribution in [0, 0.1) is 0 Å². The van der Waals surface area contributed by atoms with Gasteiger partial charge in [0.1, 0.15) is 6.23 Å². The van der Waals surface area contributed by atoms with E-state index in [0.717, 1.165) is 19.6 Å². The highest BCUT2D eigenvalue weighted by molar-refractivity contribution is 4.61. The Hall–Kier alpha value is -0.200. The first kappa shape index (κ1) is 13.8. The molecule has 0 bridgehead atoms. The predicted molar refractivity (Wildman–Crippen MR) is 59.1 cm³/mol. The quantitative estimate of drug-likeness (QED) is 0.232. The van der Waals surface area contributed by atoms with Crippen LogP contribution in [0.15, 0.2) is 0 Å². The number of hydrogen-bond acceptors (Lipinski definition) is 5. The minimum absolute atomic E-state index is 0.308.